The van der Waals surface area contributed by atoms with E-state index in [0.717, 1.165) is 18.4 Å². The van der Waals surface area contributed by atoms with E-state index >= 15 is 0 Å². The van der Waals surface area contributed by atoms with E-state index < -0.39 is 0 Å². The molecule has 1 fully saturated rings. The molecule has 5 nitrogen and oxygen atoms in total. The Kier molecular flexibility index (Phi) is 4.86. The average Bonchev–Trinajstić information content (AvgIpc) is 2.61. The number of benzene rings is 1. The van der Waals surface area contributed by atoms with Crippen LogP contribution in [0.2, 0.25) is 0 Å². The molecule has 1 aliphatic carbocycles. The zero-order chi connectivity index (χ0) is 16.1. The Morgan fingerprint density at radius 2 is 1.83 bits per heavy atom. The van der Waals surface area contributed by atoms with Crippen molar-refractivity contribution in [2.24, 2.45) is 5.92 Å². The van der Waals surface area contributed by atoms with Crippen LogP contribution < -0.4 is 10.9 Å². The number of nitrogens with one attached hydrogen (secondary N) is 2. The molecule has 1 saturated carbocycles. The Morgan fingerprint density at radius 3 is 2.48 bits per heavy atom. The van der Waals surface area contributed by atoms with Gasteiger partial charge in [0.2, 0.25) is 0 Å². The fraction of sp³-hybridized carbons (Fsp3) is 0.389. The summed E-state index contributed by atoms with van der Waals surface area (Å²) in [5, 5.41) is 9.24. The highest BCUT2D eigenvalue weighted by molar-refractivity contribution is 5.92. The number of aromatic nitrogens is 2. The SMILES string of the molecule is O=C(NC(c1ccccc1)C1CCCCC1)c1ccc(=O)[nH]n1. The number of hydrogen-bond acceptors (Lipinski definition) is 3. The third kappa shape index (κ3) is 3.86. The van der Waals surface area contributed by atoms with Crippen LogP contribution in [-0.4, -0.2) is 16.1 Å². The summed E-state index contributed by atoms with van der Waals surface area (Å²) in [6.07, 6.45) is 5.94. The first-order valence-corrected chi connectivity index (χ1v) is 8.15. The summed E-state index contributed by atoms with van der Waals surface area (Å²) in [6, 6.07) is 12.8. The predicted molar refractivity (Wildman–Crippen MR) is 88.1 cm³/mol. The van der Waals surface area contributed by atoms with Gasteiger partial charge in [0.05, 0.1) is 6.04 Å². The lowest BCUT2D eigenvalue weighted by Crippen LogP contribution is -2.35. The molecule has 1 heterocycles. The van der Waals surface area contributed by atoms with Crippen LogP contribution >= 0.6 is 0 Å². The van der Waals surface area contributed by atoms with Gasteiger partial charge in [-0.15, -0.1) is 0 Å². The molecule has 2 aromatic rings. The maximum Gasteiger partial charge on any atom is 0.272 e. The normalized spacial score (nSPS) is 16.7. The van der Waals surface area contributed by atoms with Crippen LogP contribution in [0.4, 0.5) is 0 Å². The highest BCUT2D eigenvalue weighted by Gasteiger charge is 2.27. The number of nitrogens with zero attached hydrogens (tertiary/aromatic N) is 1. The molecular weight excluding hydrogens is 290 g/mol. The standard InChI is InChI=1S/C18H21N3O2/c22-16-12-11-15(20-21-16)18(23)19-17(13-7-3-1-4-8-13)14-9-5-2-6-10-14/h1,3-4,7-8,11-12,14,17H,2,5-6,9-10H2,(H,19,23)(H,21,22). The molecule has 1 atom stereocenters. The molecule has 0 spiro atoms. The molecule has 0 saturated heterocycles. The predicted octanol–water partition coefficient (Wildman–Crippen LogP) is 2.82. The lowest BCUT2D eigenvalue weighted by atomic mass is 9.81. The van der Waals surface area contributed by atoms with Crippen LogP contribution in [0.25, 0.3) is 0 Å². The molecule has 3 rings (SSSR count). The monoisotopic (exact) mass is 311 g/mol. The summed E-state index contributed by atoms with van der Waals surface area (Å²) in [6.45, 7) is 0. The number of aromatic amines is 1. The van der Waals surface area contributed by atoms with Gasteiger partial charge in [0, 0.05) is 6.07 Å². The number of carbonyl (C=O) groups excluding carboxylic acids is 1. The molecule has 1 aromatic carbocycles. The molecule has 120 valence electrons. The van der Waals surface area contributed by atoms with Crippen molar-refractivity contribution < 1.29 is 4.79 Å². The molecule has 0 radical (unpaired) electrons. The maximum absolute atomic E-state index is 12.5. The van der Waals surface area contributed by atoms with Gasteiger partial charge < -0.3 is 5.32 Å². The third-order valence-electron chi connectivity index (χ3n) is 4.48. The lowest BCUT2D eigenvalue weighted by Gasteiger charge is -2.31. The van der Waals surface area contributed by atoms with E-state index in [4.69, 9.17) is 0 Å². The van der Waals surface area contributed by atoms with Gasteiger partial charge in [-0.1, -0.05) is 49.6 Å². The van der Waals surface area contributed by atoms with E-state index in [0.29, 0.717) is 5.92 Å². The second kappa shape index (κ2) is 7.22. The molecular formula is C18H21N3O2. The highest BCUT2D eigenvalue weighted by Crippen LogP contribution is 2.34. The Bertz CT molecular complexity index is 685. The summed E-state index contributed by atoms with van der Waals surface area (Å²) in [4.78, 5) is 23.6. The molecule has 1 aliphatic rings. The Balaban J connectivity index is 1.81. The zero-order valence-corrected chi connectivity index (χ0v) is 13.0. The van der Waals surface area contributed by atoms with Crippen molar-refractivity contribution in [1.82, 2.24) is 15.5 Å². The van der Waals surface area contributed by atoms with E-state index in [1.54, 1.807) is 0 Å². The van der Waals surface area contributed by atoms with E-state index in [2.05, 4.69) is 27.6 Å². The summed E-state index contributed by atoms with van der Waals surface area (Å²) in [5.41, 5.74) is 1.05. The number of amides is 1. The molecule has 5 heteroatoms. The van der Waals surface area contributed by atoms with Gasteiger partial charge in [0.25, 0.3) is 11.5 Å². The summed E-state index contributed by atoms with van der Waals surface area (Å²) >= 11 is 0. The first-order valence-electron chi connectivity index (χ1n) is 8.15. The Morgan fingerprint density at radius 1 is 1.09 bits per heavy atom. The Labute approximate surface area is 135 Å². The molecule has 23 heavy (non-hydrogen) atoms. The van der Waals surface area contributed by atoms with Crippen LogP contribution in [0.1, 0.15) is 54.2 Å². The van der Waals surface area contributed by atoms with Gasteiger partial charge in [-0.05, 0) is 30.4 Å². The van der Waals surface area contributed by atoms with Crippen LogP contribution in [0.3, 0.4) is 0 Å². The van der Waals surface area contributed by atoms with Crippen molar-refractivity contribution in [3.05, 3.63) is 64.1 Å². The van der Waals surface area contributed by atoms with Crippen molar-refractivity contribution in [3.63, 3.8) is 0 Å². The molecule has 0 bridgehead atoms. The van der Waals surface area contributed by atoms with Gasteiger partial charge in [-0.25, -0.2) is 5.10 Å². The summed E-state index contributed by atoms with van der Waals surface area (Å²) in [7, 11) is 0. The minimum atomic E-state index is -0.312. The minimum absolute atomic E-state index is 0.0160. The van der Waals surface area contributed by atoms with Crippen LogP contribution in [-0.2, 0) is 0 Å². The highest BCUT2D eigenvalue weighted by atomic mass is 16.2. The molecule has 1 unspecified atom stereocenters. The van der Waals surface area contributed by atoms with Gasteiger partial charge in [0.15, 0.2) is 0 Å². The number of carbonyl (C=O) groups is 1. The number of rotatable bonds is 4. The fourth-order valence-electron chi connectivity index (χ4n) is 3.29. The lowest BCUT2D eigenvalue weighted by molar-refractivity contribution is 0.0906. The van der Waals surface area contributed by atoms with Crippen molar-refractivity contribution in [3.8, 4) is 0 Å². The Hall–Kier alpha value is -2.43. The maximum atomic E-state index is 12.5. The van der Waals surface area contributed by atoms with E-state index in [1.165, 1.54) is 31.4 Å². The van der Waals surface area contributed by atoms with Crippen LogP contribution in [0, 0.1) is 5.92 Å². The molecule has 1 aromatic heterocycles. The minimum Gasteiger partial charge on any atom is -0.344 e. The molecule has 2 N–H and O–H groups in total. The summed E-state index contributed by atoms with van der Waals surface area (Å²) < 4.78 is 0. The quantitative estimate of drug-likeness (QED) is 0.911. The first-order chi connectivity index (χ1) is 11.2. The topological polar surface area (TPSA) is 74.8 Å². The van der Waals surface area contributed by atoms with Crippen LogP contribution in [0.15, 0.2) is 47.3 Å². The van der Waals surface area contributed by atoms with E-state index in [-0.39, 0.29) is 23.2 Å². The van der Waals surface area contributed by atoms with E-state index in [1.807, 2.05) is 18.2 Å². The van der Waals surface area contributed by atoms with Gasteiger partial charge in [0.1, 0.15) is 5.69 Å². The second-order valence-electron chi connectivity index (χ2n) is 6.07. The largest absolute Gasteiger partial charge is 0.344 e. The first kappa shape index (κ1) is 15.5. The van der Waals surface area contributed by atoms with Crippen molar-refractivity contribution in [2.75, 3.05) is 0 Å². The van der Waals surface area contributed by atoms with Crippen molar-refractivity contribution >= 4 is 5.91 Å². The fourth-order valence-corrected chi connectivity index (χ4v) is 3.29. The molecule has 0 aliphatic heterocycles. The van der Waals surface area contributed by atoms with Crippen molar-refractivity contribution in [1.29, 1.82) is 0 Å². The summed E-state index contributed by atoms with van der Waals surface area (Å²) in [5.74, 6) is 0.193. The smallest absolute Gasteiger partial charge is 0.272 e. The van der Waals surface area contributed by atoms with Gasteiger partial charge in [-0.2, -0.15) is 5.10 Å². The van der Waals surface area contributed by atoms with Gasteiger partial charge in [-0.3, -0.25) is 9.59 Å². The number of H-pyrrole nitrogens is 1. The van der Waals surface area contributed by atoms with Crippen molar-refractivity contribution in [2.45, 2.75) is 38.1 Å². The third-order valence-corrected chi connectivity index (χ3v) is 4.48. The average molecular weight is 311 g/mol. The van der Waals surface area contributed by atoms with Gasteiger partial charge >= 0.3 is 0 Å². The number of hydrogen-bond donors (Lipinski definition) is 2. The zero-order valence-electron chi connectivity index (χ0n) is 13.0. The molecule has 1 amide bonds. The van der Waals surface area contributed by atoms with Crippen LogP contribution in [0.5, 0.6) is 0 Å². The second-order valence-corrected chi connectivity index (χ2v) is 6.07. The van der Waals surface area contributed by atoms with E-state index in [9.17, 15) is 9.59 Å².